The predicted molar refractivity (Wildman–Crippen MR) is 66.4 cm³/mol. The van der Waals surface area contributed by atoms with E-state index in [4.69, 9.17) is 0 Å². The van der Waals surface area contributed by atoms with Crippen LogP contribution in [0.1, 0.15) is 37.8 Å². The summed E-state index contributed by atoms with van der Waals surface area (Å²) in [4.78, 5) is 0. The van der Waals surface area contributed by atoms with E-state index in [0.717, 1.165) is 12.5 Å². The lowest BCUT2D eigenvalue weighted by atomic mass is 9.84. The standard InChI is InChI=1S/C13H23N3/c1-11-8-9-15-16(11)10-13(14-2)12-6-4-3-5-7-12/h8-9,12-14H,3-7,10H2,1-2H3. The van der Waals surface area contributed by atoms with Crippen molar-refractivity contribution in [3.05, 3.63) is 18.0 Å². The highest BCUT2D eigenvalue weighted by Crippen LogP contribution is 2.27. The molecule has 1 aromatic rings. The molecule has 3 heteroatoms. The first-order valence-corrected chi connectivity index (χ1v) is 6.47. The molecule has 0 aromatic carbocycles. The van der Waals surface area contributed by atoms with Gasteiger partial charge in [0.1, 0.15) is 0 Å². The van der Waals surface area contributed by atoms with E-state index < -0.39 is 0 Å². The van der Waals surface area contributed by atoms with Gasteiger partial charge in [0.15, 0.2) is 0 Å². The van der Waals surface area contributed by atoms with E-state index in [1.165, 1.54) is 37.8 Å². The minimum absolute atomic E-state index is 0.582. The Hall–Kier alpha value is -0.830. The minimum Gasteiger partial charge on any atom is -0.315 e. The summed E-state index contributed by atoms with van der Waals surface area (Å²) in [6.07, 6.45) is 8.89. The lowest BCUT2D eigenvalue weighted by Gasteiger charge is -2.30. The van der Waals surface area contributed by atoms with Crippen molar-refractivity contribution in [2.45, 2.75) is 51.6 Å². The molecular formula is C13H23N3. The quantitative estimate of drug-likeness (QED) is 0.846. The second-order valence-electron chi connectivity index (χ2n) is 4.95. The maximum absolute atomic E-state index is 4.38. The monoisotopic (exact) mass is 221 g/mol. The van der Waals surface area contributed by atoms with Crippen LogP contribution < -0.4 is 5.32 Å². The summed E-state index contributed by atoms with van der Waals surface area (Å²) >= 11 is 0. The third-order valence-electron chi connectivity index (χ3n) is 3.89. The van der Waals surface area contributed by atoms with Crippen LogP contribution in [0.15, 0.2) is 12.3 Å². The highest BCUT2D eigenvalue weighted by atomic mass is 15.3. The Balaban J connectivity index is 1.97. The van der Waals surface area contributed by atoms with Crippen molar-refractivity contribution in [3.63, 3.8) is 0 Å². The fraction of sp³-hybridized carbons (Fsp3) is 0.769. The summed E-state index contributed by atoms with van der Waals surface area (Å²) in [7, 11) is 2.08. The third-order valence-corrected chi connectivity index (χ3v) is 3.89. The van der Waals surface area contributed by atoms with Gasteiger partial charge in [-0.3, -0.25) is 4.68 Å². The summed E-state index contributed by atoms with van der Waals surface area (Å²) in [5.41, 5.74) is 1.26. The van der Waals surface area contributed by atoms with Crippen LogP contribution in [0.5, 0.6) is 0 Å². The second kappa shape index (κ2) is 5.48. The zero-order valence-electron chi connectivity index (χ0n) is 10.4. The van der Waals surface area contributed by atoms with Crippen molar-refractivity contribution >= 4 is 0 Å². The SMILES string of the molecule is CNC(Cn1nccc1C)C1CCCCC1. The number of hydrogen-bond acceptors (Lipinski definition) is 2. The van der Waals surface area contributed by atoms with Crippen molar-refractivity contribution in [1.29, 1.82) is 0 Å². The Morgan fingerprint density at radius 1 is 1.44 bits per heavy atom. The number of likely N-dealkylation sites (N-methyl/N-ethyl adjacent to an activating group) is 1. The van der Waals surface area contributed by atoms with Gasteiger partial charge in [0.25, 0.3) is 0 Å². The first kappa shape index (κ1) is 11.6. The molecule has 0 saturated heterocycles. The second-order valence-corrected chi connectivity index (χ2v) is 4.95. The number of aromatic nitrogens is 2. The van der Waals surface area contributed by atoms with Gasteiger partial charge in [-0.25, -0.2) is 0 Å². The van der Waals surface area contributed by atoms with Crippen LogP contribution in [0.4, 0.5) is 0 Å². The fourth-order valence-electron chi connectivity index (χ4n) is 2.79. The Morgan fingerprint density at radius 3 is 2.75 bits per heavy atom. The van der Waals surface area contributed by atoms with Crippen LogP contribution >= 0.6 is 0 Å². The summed E-state index contributed by atoms with van der Waals surface area (Å²) in [6.45, 7) is 3.14. The molecule has 0 bridgehead atoms. The number of aryl methyl sites for hydroxylation is 1. The molecule has 0 amide bonds. The van der Waals surface area contributed by atoms with Crippen LogP contribution in [0, 0.1) is 12.8 Å². The first-order chi connectivity index (χ1) is 7.81. The highest BCUT2D eigenvalue weighted by Gasteiger charge is 2.22. The van der Waals surface area contributed by atoms with E-state index >= 15 is 0 Å². The van der Waals surface area contributed by atoms with Gasteiger partial charge in [-0.2, -0.15) is 5.10 Å². The molecule has 1 aromatic heterocycles. The zero-order chi connectivity index (χ0) is 11.4. The molecule has 1 atom stereocenters. The van der Waals surface area contributed by atoms with Crippen LogP contribution in [0.3, 0.4) is 0 Å². The van der Waals surface area contributed by atoms with Gasteiger partial charge >= 0.3 is 0 Å². The van der Waals surface area contributed by atoms with Gasteiger partial charge < -0.3 is 5.32 Å². The average molecular weight is 221 g/mol. The third kappa shape index (κ3) is 2.64. The number of nitrogens with one attached hydrogen (secondary N) is 1. The molecule has 90 valence electrons. The van der Waals surface area contributed by atoms with E-state index in [9.17, 15) is 0 Å². The minimum atomic E-state index is 0.582. The van der Waals surface area contributed by atoms with Crippen molar-refractivity contribution in [3.8, 4) is 0 Å². The van der Waals surface area contributed by atoms with Crippen molar-refractivity contribution in [2.24, 2.45) is 5.92 Å². The molecule has 1 aliphatic carbocycles. The Bertz CT molecular complexity index is 313. The summed E-state index contributed by atoms with van der Waals surface area (Å²) in [6, 6.07) is 2.66. The van der Waals surface area contributed by atoms with E-state index in [-0.39, 0.29) is 0 Å². The lowest BCUT2D eigenvalue weighted by molar-refractivity contribution is 0.251. The summed E-state index contributed by atoms with van der Waals surface area (Å²) < 4.78 is 2.12. The number of hydrogen-bond donors (Lipinski definition) is 1. The van der Waals surface area contributed by atoms with Crippen LogP contribution in [0.2, 0.25) is 0 Å². The number of nitrogens with zero attached hydrogens (tertiary/aromatic N) is 2. The van der Waals surface area contributed by atoms with Crippen molar-refractivity contribution in [1.82, 2.24) is 15.1 Å². The Labute approximate surface area is 98.2 Å². The number of rotatable bonds is 4. The lowest BCUT2D eigenvalue weighted by Crippen LogP contribution is -2.38. The van der Waals surface area contributed by atoms with Crippen molar-refractivity contribution in [2.75, 3.05) is 7.05 Å². The predicted octanol–water partition coefficient (Wildman–Crippen LogP) is 2.36. The van der Waals surface area contributed by atoms with Gasteiger partial charge in [-0.05, 0) is 38.8 Å². The van der Waals surface area contributed by atoms with E-state index in [1.807, 2.05) is 6.20 Å². The zero-order valence-corrected chi connectivity index (χ0v) is 10.4. The summed E-state index contributed by atoms with van der Waals surface area (Å²) in [5.74, 6) is 0.836. The molecule has 16 heavy (non-hydrogen) atoms. The average Bonchev–Trinajstić information content (AvgIpc) is 2.73. The molecule has 1 heterocycles. The topological polar surface area (TPSA) is 29.9 Å². The molecule has 2 rings (SSSR count). The summed E-state index contributed by atoms with van der Waals surface area (Å²) in [5, 5.41) is 7.85. The van der Waals surface area contributed by atoms with Crippen LogP contribution in [-0.4, -0.2) is 22.9 Å². The van der Waals surface area contributed by atoms with Gasteiger partial charge in [0.05, 0.1) is 6.54 Å². The van der Waals surface area contributed by atoms with Crippen molar-refractivity contribution < 1.29 is 0 Å². The first-order valence-electron chi connectivity index (χ1n) is 6.47. The van der Waals surface area contributed by atoms with E-state index in [0.29, 0.717) is 6.04 Å². The molecule has 0 aliphatic heterocycles. The van der Waals surface area contributed by atoms with Gasteiger partial charge in [0.2, 0.25) is 0 Å². The van der Waals surface area contributed by atoms with Gasteiger partial charge in [-0.1, -0.05) is 19.3 Å². The Kier molecular flexibility index (Phi) is 3.99. The molecule has 1 saturated carbocycles. The Morgan fingerprint density at radius 2 is 2.19 bits per heavy atom. The molecular weight excluding hydrogens is 198 g/mol. The molecule has 0 spiro atoms. The smallest absolute Gasteiger partial charge is 0.0568 e. The molecule has 1 unspecified atom stereocenters. The normalized spacial score (nSPS) is 19.9. The largest absolute Gasteiger partial charge is 0.315 e. The van der Waals surface area contributed by atoms with Gasteiger partial charge in [0, 0.05) is 17.9 Å². The maximum atomic E-state index is 4.38. The van der Waals surface area contributed by atoms with Gasteiger partial charge in [-0.15, -0.1) is 0 Å². The van der Waals surface area contributed by atoms with Crippen LogP contribution in [-0.2, 0) is 6.54 Å². The molecule has 0 radical (unpaired) electrons. The van der Waals surface area contributed by atoms with E-state index in [2.05, 4.69) is 35.1 Å². The maximum Gasteiger partial charge on any atom is 0.0568 e. The molecule has 1 aliphatic rings. The molecule has 3 nitrogen and oxygen atoms in total. The molecule has 1 N–H and O–H groups in total. The fourth-order valence-corrected chi connectivity index (χ4v) is 2.79. The highest BCUT2D eigenvalue weighted by molar-refractivity contribution is 4.97. The van der Waals surface area contributed by atoms with Crippen LogP contribution in [0.25, 0.3) is 0 Å². The van der Waals surface area contributed by atoms with E-state index in [1.54, 1.807) is 0 Å². The molecule has 1 fully saturated rings.